The number of nitrogen functional groups attached to an aromatic ring is 1. The number of hydrogen-bond acceptors (Lipinski definition) is 3. The summed E-state index contributed by atoms with van der Waals surface area (Å²) < 4.78 is 24.5. The number of rotatable bonds is 2. The summed E-state index contributed by atoms with van der Waals surface area (Å²) in [6.07, 6.45) is -2.96. The predicted octanol–water partition coefficient (Wildman–Crippen LogP) is -0.00640. The summed E-state index contributed by atoms with van der Waals surface area (Å²) in [7, 11) is 0. The van der Waals surface area contributed by atoms with Crippen LogP contribution in [0.25, 0.3) is 0 Å². The van der Waals surface area contributed by atoms with Crippen molar-refractivity contribution in [3.05, 3.63) is 27.7 Å². The van der Waals surface area contributed by atoms with E-state index >= 15 is 0 Å². The number of H-pyrrole nitrogens is 1. The van der Waals surface area contributed by atoms with Crippen molar-refractivity contribution in [2.75, 3.05) is 5.73 Å². The lowest BCUT2D eigenvalue weighted by atomic mass is 10.2. The lowest BCUT2D eigenvalue weighted by Gasteiger charge is -2.05. The van der Waals surface area contributed by atoms with Gasteiger partial charge in [-0.2, -0.15) is 0 Å². The van der Waals surface area contributed by atoms with Crippen LogP contribution in [0.2, 0.25) is 0 Å². The average molecular weight is 203 g/mol. The number of hydrogen-bond donors (Lipinski definition) is 3. The van der Waals surface area contributed by atoms with Crippen molar-refractivity contribution in [1.82, 2.24) is 4.98 Å². The molecule has 0 spiro atoms. The predicted molar refractivity (Wildman–Crippen MR) is 44.9 cm³/mol. The number of carbonyl (C=O) groups is 1. The molecule has 1 aromatic heterocycles. The van der Waals surface area contributed by atoms with Crippen LogP contribution in [0.3, 0.4) is 0 Å². The molecule has 0 radical (unpaired) electrons. The molecule has 14 heavy (non-hydrogen) atoms. The summed E-state index contributed by atoms with van der Waals surface area (Å²) in [5, 5.41) is 0. The highest BCUT2D eigenvalue weighted by Gasteiger charge is 2.16. The van der Waals surface area contributed by atoms with Gasteiger partial charge in [-0.25, -0.2) is 8.78 Å². The number of anilines is 1. The fourth-order valence-electron chi connectivity index (χ4n) is 0.895. The third kappa shape index (κ3) is 1.70. The molecule has 0 atom stereocenters. The van der Waals surface area contributed by atoms with Gasteiger partial charge in [-0.1, -0.05) is 0 Å². The Morgan fingerprint density at radius 1 is 1.50 bits per heavy atom. The molecule has 76 valence electrons. The summed E-state index contributed by atoms with van der Waals surface area (Å²) >= 11 is 0. The van der Waals surface area contributed by atoms with E-state index < -0.39 is 29.1 Å². The molecule has 0 bridgehead atoms. The minimum absolute atomic E-state index is 0.389. The van der Waals surface area contributed by atoms with Crippen LogP contribution in [-0.2, 0) is 0 Å². The monoisotopic (exact) mass is 203 g/mol. The Morgan fingerprint density at radius 3 is 2.50 bits per heavy atom. The number of pyridine rings is 1. The largest absolute Gasteiger partial charge is 0.394 e. The SMILES string of the molecule is NC(=O)c1cc(=O)c(N)c(C(F)F)[nH]1. The highest BCUT2D eigenvalue weighted by Crippen LogP contribution is 2.19. The van der Waals surface area contributed by atoms with Crippen molar-refractivity contribution in [3.63, 3.8) is 0 Å². The van der Waals surface area contributed by atoms with Gasteiger partial charge in [0.1, 0.15) is 17.1 Å². The molecule has 1 amide bonds. The normalized spacial score (nSPS) is 10.5. The highest BCUT2D eigenvalue weighted by atomic mass is 19.3. The first-order valence-corrected chi connectivity index (χ1v) is 3.54. The third-order valence-corrected chi connectivity index (χ3v) is 1.58. The van der Waals surface area contributed by atoms with Crippen molar-refractivity contribution < 1.29 is 13.6 Å². The number of aromatic nitrogens is 1. The van der Waals surface area contributed by atoms with Crippen LogP contribution in [0.4, 0.5) is 14.5 Å². The first-order chi connectivity index (χ1) is 6.43. The van der Waals surface area contributed by atoms with Crippen LogP contribution in [-0.4, -0.2) is 10.9 Å². The molecule has 0 saturated carbocycles. The second-order valence-corrected chi connectivity index (χ2v) is 2.54. The molecule has 0 unspecified atom stereocenters. The molecule has 0 fully saturated rings. The molecule has 1 aromatic rings. The molecule has 0 aliphatic rings. The zero-order chi connectivity index (χ0) is 10.9. The molecule has 5 N–H and O–H groups in total. The molecular formula is C7H7F2N3O2. The van der Waals surface area contributed by atoms with Gasteiger partial charge in [-0.05, 0) is 0 Å². The van der Waals surface area contributed by atoms with Crippen molar-refractivity contribution in [3.8, 4) is 0 Å². The van der Waals surface area contributed by atoms with Crippen LogP contribution in [0, 0.1) is 0 Å². The van der Waals surface area contributed by atoms with Gasteiger partial charge in [-0.3, -0.25) is 9.59 Å². The Labute approximate surface area is 76.7 Å². The van der Waals surface area contributed by atoms with Gasteiger partial charge in [0.05, 0.1) is 0 Å². The van der Waals surface area contributed by atoms with E-state index in [4.69, 9.17) is 11.5 Å². The van der Waals surface area contributed by atoms with E-state index in [1.165, 1.54) is 0 Å². The second kappa shape index (κ2) is 3.44. The Morgan fingerprint density at radius 2 is 2.07 bits per heavy atom. The van der Waals surface area contributed by atoms with E-state index in [-0.39, 0.29) is 5.69 Å². The standard InChI is InChI=1S/C7H7F2N3O2/c8-6(9)5-4(10)3(13)1-2(12-5)7(11)14/h1,6H,10H2,(H2,11,14)(H,12,13). The van der Waals surface area contributed by atoms with Crippen molar-refractivity contribution >= 4 is 11.6 Å². The number of carbonyl (C=O) groups excluding carboxylic acids is 1. The van der Waals surface area contributed by atoms with E-state index in [9.17, 15) is 18.4 Å². The van der Waals surface area contributed by atoms with Crippen LogP contribution in [0.15, 0.2) is 10.9 Å². The van der Waals surface area contributed by atoms with Gasteiger partial charge in [0.2, 0.25) is 5.43 Å². The van der Waals surface area contributed by atoms with Crippen LogP contribution < -0.4 is 16.9 Å². The Bertz CT molecular complexity index is 427. The van der Waals surface area contributed by atoms with Gasteiger partial charge in [0, 0.05) is 6.07 Å². The molecule has 7 heteroatoms. The highest BCUT2D eigenvalue weighted by molar-refractivity contribution is 5.91. The summed E-state index contributed by atoms with van der Waals surface area (Å²) in [6, 6.07) is 0.781. The summed E-state index contributed by atoms with van der Waals surface area (Å²) in [6.45, 7) is 0. The first-order valence-electron chi connectivity index (χ1n) is 3.54. The van der Waals surface area contributed by atoms with Crippen molar-refractivity contribution in [2.45, 2.75) is 6.43 Å². The maximum Gasteiger partial charge on any atom is 0.280 e. The number of aromatic amines is 1. The van der Waals surface area contributed by atoms with Gasteiger partial charge >= 0.3 is 0 Å². The Balaban J connectivity index is 3.43. The van der Waals surface area contributed by atoms with Crippen LogP contribution in [0.5, 0.6) is 0 Å². The zero-order valence-electron chi connectivity index (χ0n) is 6.88. The van der Waals surface area contributed by atoms with E-state index in [1.54, 1.807) is 0 Å². The smallest absolute Gasteiger partial charge is 0.280 e. The molecule has 0 aromatic carbocycles. The van der Waals surface area contributed by atoms with Crippen LogP contribution in [0.1, 0.15) is 22.6 Å². The number of halogens is 2. The summed E-state index contributed by atoms with van der Waals surface area (Å²) in [5.74, 6) is -0.996. The van der Waals surface area contributed by atoms with Crippen LogP contribution >= 0.6 is 0 Å². The van der Waals surface area contributed by atoms with Gasteiger partial charge in [0.15, 0.2) is 0 Å². The topological polar surface area (TPSA) is 102 Å². The lowest BCUT2D eigenvalue weighted by Crippen LogP contribution is -2.21. The zero-order valence-corrected chi connectivity index (χ0v) is 6.88. The minimum Gasteiger partial charge on any atom is -0.394 e. The Hall–Kier alpha value is -1.92. The first kappa shape index (κ1) is 10.2. The number of amides is 1. The van der Waals surface area contributed by atoms with Crippen molar-refractivity contribution in [1.29, 1.82) is 0 Å². The van der Waals surface area contributed by atoms with Gasteiger partial charge in [0.25, 0.3) is 12.3 Å². The third-order valence-electron chi connectivity index (χ3n) is 1.58. The molecule has 1 heterocycles. The maximum atomic E-state index is 12.2. The van der Waals surface area contributed by atoms with E-state index in [0.29, 0.717) is 0 Å². The fraction of sp³-hybridized carbons (Fsp3) is 0.143. The van der Waals surface area contributed by atoms with Crippen molar-refractivity contribution in [2.24, 2.45) is 5.73 Å². The lowest BCUT2D eigenvalue weighted by molar-refractivity contribution is 0.0993. The maximum absolute atomic E-state index is 12.2. The molecular weight excluding hydrogens is 196 g/mol. The molecule has 0 aliphatic heterocycles. The fourth-order valence-corrected chi connectivity index (χ4v) is 0.895. The number of alkyl halides is 2. The molecule has 5 nitrogen and oxygen atoms in total. The number of primary amides is 1. The second-order valence-electron chi connectivity index (χ2n) is 2.54. The number of nitrogens with two attached hydrogens (primary N) is 2. The molecule has 0 saturated heterocycles. The Kier molecular flexibility index (Phi) is 2.50. The summed E-state index contributed by atoms with van der Waals surface area (Å²) in [5.41, 5.74) is 7.25. The van der Waals surface area contributed by atoms with E-state index in [0.717, 1.165) is 6.07 Å². The molecule has 1 rings (SSSR count). The minimum atomic E-state index is -2.96. The quantitative estimate of drug-likeness (QED) is 0.630. The van der Waals surface area contributed by atoms with Gasteiger partial charge < -0.3 is 16.5 Å². The van der Waals surface area contributed by atoms with E-state index in [2.05, 4.69) is 0 Å². The summed E-state index contributed by atoms with van der Waals surface area (Å²) in [4.78, 5) is 23.6. The van der Waals surface area contributed by atoms with Gasteiger partial charge in [-0.15, -0.1) is 0 Å². The average Bonchev–Trinajstić information content (AvgIpc) is 2.08. The molecule has 0 aliphatic carbocycles. The number of nitrogens with one attached hydrogen (secondary N) is 1. The van der Waals surface area contributed by atoms with E-state index in [1.807, 2.05) is 4.98 Å².